The summed E-state index contributed by atoms with van der Waals surface area (Å²) in [6, 6.07) is 2.68. The van der Waals surface area contributed by atoms with Crippen molar-refractivity contribution in [3.8, 4) is 0 Å². The number of nitrogens with one attached hydrogen (secondary N) is 1. The summed E-state index contributed by atoms with van der Waals surface area (Å²) in [6.07, 6.45) is -5.06. The van der Waals surface area contributed by atoms with Gasteiger partial charge in [-0.25, -0.2) is 4.79 Å². The molecule has 1 rings (SSSR count). The number of carboxylic acids is 1. The van der Waals surface area contributed by atoms with Gasteiger partial charge in [-0.1, -0.05) is 6.07 Å². The summed E-state index contributed by atoms with van der Waals surface area (Å²) in [5.41, 5.74) is 0.125. The van der Waals surface area contributed by atoms with Gasteiger partial charge in [-0.15, -0.1) is 0 Å². The molecule has 0 bridgehead atoms. The molecule has 1 aromatic carbocycles. The van der Waals surface area contributed by atoms with Crippen LogP contribution in [0.2, 0.25) is 0 Å². The molecule has 0 aliphatic heterocycles. The number of hydrogen-bond donors (Lipinski definition) is 2. The van der Waals surface area contributed by atoms with E-state index in [0.29, 0.717) is 5.56 Å². The molecule has 0 spiro atoms. The molecule has 0 heterocycles. The second-order valence-electron chi connectivity index (χ2n) is 3.76. The van der Waals surface area contributed by atoms with Crippen molar-refractivity contribution >= 4 is 17.6 Å². The van der Waals surface area contributed by atoms with E-state index in [1.165, 1.54) is 19.1 Å². The van der Waals surface area contributed by atoms with Gasteiger partial charge in [-0.2, -0.15) is 13.2 Å². The molecular weight excluding hydrogens is 251 g/mol. The molecule has 0 saturated carbocycles. The highest BCUT2D eigenvalue weighted by molar-refractivity contribution is 6.03. The number of carbonyl (C=O) groups is 2. The fourth-order valence-electron chi connectivity index (χ4n) is 1.49. The lowest BCUT2D eigenvalue weighted by Crippen LogP contribution is -2.31. The van der Waals surface area contributed by atoms with Crippen LogP contribution in [0.15, 0.2) is 12.1 Å². The van der Waals surface area contributed by atoms with Crippen LogP contribution in [-0.2, 0) is 4.79 Å². The average molecular weight is 261 g/mol. The SMILES string of the molecule is Cc1cc(C)c(NC(=O)C(F)(F)F)c(C(=O)O)c1. The highest BCUT2D eigenvalue weighted by Crippen LogP contribution is 2.25. The predicted molar refractivity (Wildman–Crippen MR) is 57.6 cm³/mol. The van der Waals surface area contributed by atoms with Crippen LogP contribution in [0.3, 0.4) is 0 Å². The maximum absolute atomic E-state index is 12.1. The fourth-order valence-corrected chi connectivity index (χ4v) is 1.49. The predicted octanol–water partition coefficient (Wildman–Crippen LogP) is 2.50. The van der Waals surface area contributed by atoms with Gasteiger partial charge in [0.15, 0.2) is 0 Å². The van der Waals surface area contributed by atoms with Gasteiger partial charge >= 0.3 is 18.1 Å². The zero-order valence-corrected chi connectivity index (χ0v) is 9.55. The normalized spacial score (nSPS) is 11.2. The third-order valence-electron chi connectivity index (χ3n) is 2.21. The molecule has 18 heavy (non-hydrogen) atoms. The van der Waals surface area contributed by atoms with Crippen molar-refractivity contribution in [1.82, 2.24) is 0 Å². The van der Waals surface area contributed by atoms with Crippen molar-refractivity contribution in [3.63, 3.8) is 0 Å². The van der Waals surface area contributed by atoms with E-state index in [0.717, 1.165) is 0 Å². The Kier molecular flexibility index (Phi) is 3.64. The Hall–Kier alpha value is -2.05. The number of hydrogen-bond acceptors (Lipinski definition) is 2. The third-order valence-corrected chi connectivity index (χ3v) is 2.21. The molecular formula is C11H10F3NO3. The highest BCUT2D eigenvalue weighted by Gasteiger charge is 2.39. The van der Waals surface area contributed by atoms with Crippen LogP contribution in [0.25, 0.3) is 0 Å². The number of alkyl halides is 3. The second-order valence-corrected chi connectivity index (χ2v) is 3.76. The first kappa shape index (κ1) is 14.0. The lowest BCUT2D eigenvalue weighted by atomic mass is 10.0. The van der Waals surface area contributed by atoms with Crippen molar-refractivity contribution in [2.45, 2.75) is 20.0 Å². The number of rotatable bonds is 2. The Balaban J connectivity index is 3.24. The van der Waals surface area contributed by atoms with Gasteiger partial charge < -0.3 is 10.4 Å². The molecule has 0 fully saturated rings. The molecule has 7 heteroatoms. The average Bonchev–Trinajstić information content (AvgIpc) is 2.19. The van der Waals surface area contributed by atoms with E-state index in [2.05, 4.69) is 0 Å². The van der Waals surface area contributed by atoms with Gasteiger partial charge in [-0.3, -0.25) is 4.79 Å². The molecule has 4 nitrogen and oxygen atoms in total. The van der Waals surface area contributed by atoms with Crippen LogP contribution >= 0.6 is 0 Å². The molecule has 0 saturated heterocycles. The summed E-state index contributed by atoms with van der Waals surface area (Å²) in [5.74, 6) is -3.60. The first-order valence-electron chi connectivity index (χ1n) is 4.85. The largest absolute Gasteiger partial charge is 0.478 e. The van der Waals surface area contributed by atoms with Crippen LogP contribution in [0, 0.1) is 13.8 Å². The number of anilines is 1. The maximum atomic E-state index is 12.1. The van der Waals surface area contributed by atoms with E-state index >= 15 is 0 Å². The van der Waals surface area contributed by atoms with Crippen LogP contribution in [-0.4, -0.2) is 23.2 Å². The lowest BCUT2D eigenvalue weighted by molar-refractivity contribution is -0.167. The number of aryl methyl sites for hydroxylation is 2. The summed E-state index contributed by atoms with van der Waals surface area (Å²) >= 11 is 0. The van der Waals surface area contributed by atoms with E-state index in [1.807, 2.05) is 0 Å². The minimum atomic E-state index is -5.06. The van der Waals surface area contributed by atoms with E-state index in [4.69, 9.17) is 5.11 Å². The van der Waals surface area contributed by atoms with Gasteiger partial charge in [0.2, 0.25) is 0 Å². The van der Waals surface area contributed by atoms with Gasteiger partial charge in [0.1, 0.15) is 0 Å². The summed E-state index contributed by atoms with van der Waals surface area (Å²) in [5, 5.41) is 10.5. The van der Waals surface area contributed by atoms with Crippen molar-refractivity contribution in [2.75, 3.05) is 5.32 Å². The first-order chi connectivity index (χ1) is 8.12. The molecule has 0 aliphatic carbocycles. The maximum Gasteiger partial charge on any atom is 0.471 e. The number of aromatic carboxylic acids is 1. The zero-order chi connectivity index (χ0) is 14.1. The minimum absolute atomic E-state index is 0.255. The van der Waals surface area contributed by atoms with Crippen molar-refractivity contribution in [2.24, 2.45) is 0 Å². The fraction of sp³-hybridized carbons (Fsp3) is 0.273. The van der Waals surface area contributed by atoms with Crippen molar-refractivity contribution < 1.29 is 27.9 Å². The van der Waals surface area contributed by atoms with Crippen molar-refractivity contribution in [3.05, 3.63) is 28.8 Å². The number of benzene rings is 1. The van der Waals surface area contributed by atoms with Crippen LogP contribution < -0.4 is 5.32 Å². The van der Waals surface area contributed by atoms with E-state index in [-0.39, 0.29) is 16.8 Å². The zero-order valence-electron chi connectivity index (χ0n) is 9.55. The third kappa shape index (κ3) is 2.99. The minimum Gasteiger partial charge on any atom is -0.478 e. The molecule has 0 aliphatic rings. The molecule has 0 atom stereocenters. The molecule has 1 amide bonds. The smallest absolute Gasteiger partial charge is 0.471 e. The van der Waals surface area contributed by atoms with Crippen molar-refractivity contribution in [1.29, 1.82) is 0 Å². The Morgan fingerprint density at radius 3 is 2.22 bits per heavy atom. The second kappa shape index (κ2) is 4.67. The number of carboxylic acid groups (broad SMARTS) is 1. The Morgan fingerprint density at radius 2 is 1.78 bits per heavy atom. The summed E-state index contributed by atoms with van der Waals surface area (Å²) in [6.45, 7) is 3.03. The topological polar surface area (TPSA) is 66.4 Å². The standard InChI is InChI=1S/C11H10F3NO3/c1-5-3-6(2)8(7(4-5)9(16)17)15-10(18)11(12,13)14/h3-4H,1-2H3,(H,15,18)(H,16,17). The molecule has 2 N–H and O–H groups in total. The Morgan fingerprint density at radius 1 is 1.22 bits per heavy atom. The van der Waals surface area contributed by atoms with Crippen LogP contribution in [0.1, 0.15) is 21.5 Å². The Bertz CT molecular complexity index is 509. The summed E-state index contributed by atoms with van der Waals surface area (Å²) < 4.78 is 36.4. The van der Waals surface area contributed by atoms with Gasteiger partial charge in [0.05, 0.1) is 11.3 Å². The van der Waals surface area contributed by atoms with Crippen LogP contribution in [0.4, 0.5) is 18.9 Å². The van der Waals surface area contributed by atoms with Gasteiger partial charge in [-0.05, 0) is 31.0 Å². The molecule has 0 radical (unpaired) electrons. The van der Waals surface area contributed by atoms with Gasteiger partial charge in [0, 0.05) is 0 Å². The first-order valence-corrected chi connectivity index (χ1v) is 4.85. The number of carbonyl (C=O) groups excluding carboxylic acids is 1. The van der Waals surface area contributed by atoms with E-state index in [9.17, 15) is 22.8 Å². The van der Waals surface area contributed by atoms with Gasteiger partial charge in [0.25, 0.3) is 0 Å². The Labute approximate surface area is 100 Å². The number of amides is 1. The number of halogens is 3. The van der Waals surface area contributed by atoms with E-state index < -0.39 is 18.1 Å². The molecule has 0 aromatic heterocycles. The quantitative estimate of drug-likeness (QED) is 0.859. The van der Waals surface area contributed by atoms with E-state index in [1.54, 1.807) is 12.2 Å². The molecule has 0 unspecified atom stereocenters. The summed E-state index contributed by atoms with van der Waals surface area (Å²) in [4.78, 5) is 21.7. The molecule has 98 valence electrons. The lowest BCUT2D eigenvalue weighted by Gasteiger charge is -2.13. The van der Waals surface area contributed by atoms with Crippen LogP contribution in [0.5, 0.6) is 0 Å². The highest BCUT2D eigenvalue weighted by atomic mass is 19.4. The monoisotopic (exact) mass is 261 g/mol. The molecule has 1 aromatic rings. The summed E-state index contributed by atoms with van der Waals surface area (Å²) in [7, 11) is 0.